The highest BCUT2D eigenvalue weighted by Crippen LogP contribution is 2.37. The van der Waals surface area contributed by atoms with Gasteiger partial charge in [0.2, 0.25) is 5.96 Å². The van der Waals surface area contributed by atoms with Gasteiger partial charge in [-0.15, -0.1) is 0 Å². The highest BCUT2D eigenvalue weighted by Gasteiger charge is 2.36. The molecule has 0 unspecified atom stereocenters. The van der Waals surface area contributed by atoms with E-state index in [1.165, 1.54) is 0 Å². The highest BCUT2D eigenvalue weighted by atomic mass is 16.1. The lowest BCUT2D eigenvalue weighted by molar-refractivity contribution is 0.105. The Morgan fingerprint density at radius 1 is 0.926 bits per heavy atom. The Kier molecular flexibility index (Phi) is 3.18. The standard InChI is InChI=1S/C21H17N5O/c1-25(2)21-22-18-12-8-4-5-9-13(12)20(27)16(19(18)23-21)17-14-10-6-7-11-15(14)26(3)24-17/h4-11H,1-3H3. The number of hydrogen-bond donors (Lipinski definition) is 0. The second-order valence-corrected chi connectivity index (χ2v) is 6.85. The third kappa shape index (κ3) is 2.13. The van der Waals surface area contributed by atoms with Gasteiger partial charge in [0.15, 0.2) is 5.78 Å². The second-order valence-electron chi connectivity index (χ2n) is 6.85. The lowest BCUT2D eigenvalue weighted by Crippen LogP contribution is -2.20. The Morgan fingerprint density at radius 3 is 2.41 bits per heavy atom. The maximum Gasteiger partial charge on any atom is 0.226 e. The van der Waals surface area contributed by atoms with Crippen LogP contribution in [0.2, 0.25) is 0 Å². The molecule has 0 radical (unpaired) electrons. The molecule has 5 rings (SSSR count). The van der Waals surface area contributed by atoms with Crippen LogP contribution in [0.1, 0.15) is 21.6 Å². The molecule has 2 heterocycles. The lowest BCUT2D eigenvalue weighted by atomic mass is 9.85. The van der Waals surface area contributed by atoms with Crippen molar-refractivity contribution in [3.8, 4) is 0 Å². The van der Waals surface area contributed by atoms with E-state index in [9.17, 15) is 4.79 Å². The van der Waals surface area contributed by atoms with Crippen molar-refractivity contribution < 1.29 is 4.79 Å². The van der Waals surface area contributed by atoms with E-state index in [1.807, 2.05) is 74.6 Å². The summed E-state index contributed by atoms with van der Waals surface area (Å²) in [4.78, 5) is 24.7. The van der Waals surface area contributed by atoms with Gasteiger partial charge < -0.3 is 4.90 Å². The quantitative estimate of drug-likeness (QED) is 0.674. The van der Waals surface area contributed by atoms with Crippen LogP contribution in [0.15, 0.2) is 64.2 Å². The SMILES string of the molecule is CN(C)C1=NC2=C(c3nn(C)c4ccccc34)C(=O)c3ccccc3C2=N1. The molecule has 0 saturated carbocycles. The molecule has 0 N–H and O–H groups in total. The van der Waals surface area contributed by atoms with Crippen LogP contribution < -0.4 is 0 Å². The fourth-order valence-electron chi connectivity index (χ4n) is 3.64. The molecule has 0 bridgehead atoms. The van der Waals surface area contributed by atoms with E-state index < -0.39 is 0 Å². The predicted octanol–water partition coefficient (Wildman–Crippen LogP) is 2.90. The summed E-state index contributed by atoms with van der Waals surface area (Å²) in [7, 11) is 5.67. The van der Waals surface area contributed by atoms with Gasteiger partial charge in [-0.1, -0.05) is 42.5 Å². The summed E-state index contributed by atoms with van der Waals surface area (Å²) in [5.41, 5.74) is 4.94. The topological polar surface area (TPSA) is 62.9 Å². The molecule has 1 aliphatic carbocycles. The number of Topliss-reactive ketones (excluding diaryl/α,β-unsaturated/α-hetero) is 1. The first-order chi connectivity index (χ1) is 13.1. The zero-order valence-electron chi connectivity index (χ0n) is 15.3. The number of benzene rings is 2. The number of para-hydroxylation sites is 1. The largest absolute Gasteiger partial charge is 0.347 e. The minimum atomic E-state index is -0.0628. The monoisotopic (exact) mass is 355 g/mol. The fourth-order valence-corrected chi connectivity index (χ4v) is 3.64. The van der Waals surface area contributed by atoms with E-state index in [0.29, 0.717) is 28.5 Å². The molecule has 0 fully saturated rings. The van der Waals surface area contributed by atoms with E-state index >= 15 is 0 Å². The number of allylic oxidation sites excluding steroid dienone is 2. The zero-order chi connectivity index (χ0) is 18.7. The molecule has 0 atom stereocenters. The third-order valence-corrected chi connectivity index (χ3v) is 4.93. The van der Waals surface area contributed by atoms with Gasteiger partial charge in [-0.25, -0.2) is 9.98 Å². The molecule has 132 valence electrons. The number of aryl methyl sites for hydroxylation is 1. The second kappa shape index (κ2) is 5.48. The first-order valence-corrected chi connectivity index (χ1v) is 8.72. The maximum absolute atomic E-state index is 13.4. The summed E-state index contributed by atoms with van der Waals surface area (Å²) in [5, 5.41) is 5.60. The van der Waals surface area contributed by atoms with Crippen LogP contribution in [0.25, 0.3) is 16.5 Å². The normalized spacial score (nSPS) is 15.6. The number of hydrogen-bond acceptors (Lipinski definition) is 5. The van der Waals surface area contributed by atoms with E-state index in [0.717, 1.165) is 22.2 Å². The van der Waals surface area contributed by atoms with Crippen LogP contribution in [0.4, 0.5) is 0 Å². The molecule has 6 heteroatoms. The van der Waals surface area contributed by atoms with Crippen LogP contribution >= 0.6 is 0 Å². The minimum absolute atomic E-state index is 0.0628. The molecule has 0 saturated heterocycles. The van der Waals surface area contributed by atoms with Gasteiger partial charge in [0.1, 0.15) is 17.1 Å². The summed E-state index contributed by atoms with van der Waals surface area (Å²) in [6.45, 7) is 0. The molecule has 0 spiro atoms. The molecule has 6 nitrogen and oxygen atoms in total. The molecular formula is C21H17N5O. The van der Waals surface area contributed by atoms with Gasteiger partial charge in [-0.3, -0.25) is 9.48 Å². The first-order valence-electron chi connectivity index (χ1n) is 8.72. The number of carbonyl (C=O) groups excluding carboxylic acids is 1. The van der Waals surface area contributed by atoms with Crippen LogP contribution in [0.5, 0.6) is 0 Å². The fraction of sp³-hybridized carbons (Fsp3) is 0.143. The number of guanidine groups is 1. The molecule has 2 aromatic carbocycles. The number of aromatic nitrogens is 2. The Bertz CT molecular complexity index is 1230. The van der Waals surface area contributed by atoms with Crippen LogP contribution in [0, 0.1) is 0 Å². The minimum Gasteiger partial charge on any atom is -0.347 e. The number of nitrogens with zero attached hydrogens (tertiary/aromatic N) is 5. The number of fused-ring (bicyclic) bond motifs is 4. The third-order valence-electron chi connectivity index (χ3n) is 4.93. The van der Waals surface area contributed by atoms with Crippen molar-refractivity contribution in [1.29, 1.82) is 0 Å². The molecule has 1 aliphatic heterocycles. The zero-order valence-corrected chi connectivity index (χ0v) is 15.3. The average molecular weight is 355 g/mol. The van der Waals surface area contributed by atoms with Gasteiger partial charge in [-0.05, 0) is 6.07 Å². The maximum atomic E-state index is 13.4. The van der Waals surface area contributed by atoms with E-state index in [-0.39, 0.29) is 5.78 Å². The highest BCUT2D eigenvalue weighted by molar-refractivity contribution is 6.44. The van der Waals surface area contributed by atoms with Crippen molar-refractivity contribution in [2.75, 3.05) is 14.1 Å². The number of rotatable bonds is 1. The smallest absolute Gasteiger partial charge is 0.226 e. The lowest BCUT2D eigenvalue weighted by Gasteiger charge is -2.18. The van der Waals surface area contributed by atoms with Crippen LogP contribution in [-0.2, 0) is 7.05 Å². The summed E-state index contributed by atoms with van der Waals surface area (Å²) >= 11 is 0. The summed E-state index contributed by atoms with van der Waals surface area (Å²) in [5.74, 6) is 0.523. The van der Waals surface area contributed by atoms with Crippen LogP contribution in [0.3, 0.4) is 0 Å². The van der Waals surface area contributed by atoms with E-state index in [4.69, 9.17) is 4.99 Å². The van der Waals surface area contributed by atoms with Crippen molar-refractivity contribution in [1.82, 2.24) is 14.7 Å². The Morgan fingerprint density at radius 2 is 1.63 bits per heavy atom. The molecular weight excluding hydrogens is 338 g/mol. The van der Waals surface area contributed by atoms with Gasteiger partial charge in [0.05, 0.1) is 11.1 Å². The van der Waals surface area contributed by atoms with Crippen LogP contribution in [-0.4, -0.2) is 46.2 Å². The van der Waals surface area contributed by atoms with Crippen molar-refractivity contribution in [2.45, 2.75) is 0 Å². The van der Waals surface area contributed by atoms with Crippen molar-refractivity contribution in [2.24, 2.45) is 17.0 Å². The predicted molar refractivity (Wildman–Crippen MR) is 106 cm³/mol. The van der Waals surface area contributed by atoms with Gasteiger partial charge in [0.25, 0.3) is 0 Å². The molecule has 27 heavy (non-hydrogen) atoms. The molecule has 1 aromatic heterocycles. The summed E-state index contributed by atoms with van der Waals surface area (Å²) in [6.07, 6.45) is 0. The van der Waals surface area contributed by atoms with E-state index in [1.54, 1.807) is 4.68 Å². The van der Waals surface area contributed by atoms with E-state index in [2.05, 4.69) is 10.1 Å². The summed E-state index contributed by atoms with van der Waals surface area (Å²) < 4.78 is 1.80. The Labute approximate surface area is 156 Å². The Balaban J connectivity index is 1.86. The molecule has 0 amide bonds. The number of ketones is 1. The van der Waals surface area contributed by atoms with Gasteiger partial charge in [-0.2, -0.15) is 5.10 Å². The van der Waals surface area contributed by atoms with Crippen molar-refractivity contribution in [3.05, 3.63) is 71.0 Å². The number of carbonyl (C=O) groups is 1. The summed E-state index contributed by atoms with van der Waals surface area (Å²) in [6, 6.07) is 15.5. The molecule has 3 aromatic rings. The first kappa shape index (κ1) is 15.7. The average Bonchev–Trinajstić information content (AvgIpc) is 3.25. The van der Waals surface area contributed by atoms with Gasteiger partial charge in [0, 0.05) is 37.7 Å². The molecule has 2 aliphatic rings. The van der Waals surface area contributed by atoms with Gasteiger partial charge >= 0.3 is 0 Å². The van der Waals surface area contributed by atoms with Crippen molar-refractivity contribution >= 4 is 33.9 Å². The number of aliphatic imine (C=N–C) groups is 2. The van der Waals surface area contributed by atoms with Crippen molar-refractivity contribution in [3.63, 3.8) is 0 Å². The Hall–Kier alpha value is -3.54.